The normalized spacial score (nSPS) is 19.2. The number of aryl methyl sites for hydroxylation is 1. The maximum Gasteiger partial charge on any atom is 0.327 e. The largest absolute Gasteiger partial charge is 0.480 e. The van der Waals surface area contributed by atoms with Crippen LogP contribution in [0.15, 0.2) is 47.9 Å². The van der Waals surface area contributed by atoms with Gasteiger partial charge in [-0.1, -0.05) is 11.8 Å². The molecule has 0 radical (unpaired) electrons. The van der Waals surface area contributed by atoms with Crippen molar-refractivity contribution in [2.45, 2.75) is 23.2 Å². The van der Waals surface area contributed by atoms with Crippen molar-refractivity contribution in [2.24, 2.45) is 0 Å². The van der Waals surface area contributed by atoms with Crippen molar-refractivity contribution in [2.75, 3.05) is 4.90 Å². The van der Waals surface area contributed by atoms with Crippen molar-refractivity contribution < 1.29 is 19.4 Å². The van der Waals surface area contributed by atoms with Crippen LogP contribution in [0.2, 0.25) is 0 Å². The number of carboxylic acids is 1. The van der Waals surface area contributed by atoms with Crippen molar-refractivity contribution in [1.82, 2.24) is 25.5 Å². The predicted octanol–water partition coefficient (Wildman–Crippen LogP) is 2.83. The molecule has 0 fully saturated rings. The van der Waals surface area contributed by atoms with Gasteiger partial charge in [-0.2, -0.15) is 5.10 Å². The number of amides is 2. The number of urea groups is 1. The Morgan fingerprint density at radius 2 is 2.10 bits per heavy atom. The highest BCUT2D eigenvalue weighted by atomic mass is 32.2. The second kappa shape index (κ2) is 6.95. The number of aliphatic carboxylic acids is 1. The van der Waals surface area contributed by atoms with Crippen molar-refractivity contribution in [3.8, 4) is 11.8 Å². The highest BCUT2D eigenvalue weighted by molar-refractivity contribution is 8.00. The Balaban J connectivity index is 1.53. The first-order valence-corrected chi connectivity index (χ1v) is 9.82. The van der Waals surface area contributed by atoms with E-state index >= 15 is 0 Å². The fraction of sp³-hybridized carbons (Fsp3) is 0.158. The number of ether oxygens (including phenoxy) is 1. The average Bonchev–Trinajstić information content (AvgIpc) is 3.10. The van der Waals surface area contributed by atoms with E-state index in [0.717, 1.165) is 17.3 Å². The molecule has 0 saturated heterocycles. The van der Waals surface area contributed by atoms with E-state index < -0.39 is 23.3 Å². The van der Waals surface area contributed by atoms with Crippen LogP contribution in [-0.2, 0) is 4.79 Å². The number of nitrogens with zero attached hydrogens (tertiary/aromatic N) is 5. The van der Waals surface area contributed by atoms with Gasteiger partial charge in [0, 0.05) is 30.1 Å². The van der Waals surface area contributed by atoms with E-state index in [4.69, 9.17) is 4.74 Å². The smallest absolute Gasteiger partial charge is 0.327 e. The van der Waals surface area contributed by atoms with Gasteiger partial charge in [0.1, 0.15) is 10.3 Å². The first-order chi connectivity index (χ1) is 14.5. The SMILES string of the molecule is Cc1cc(Oc2cccnn2)ncc1N1C(=O)NC2c3c1ccnc3SC2C(=O)O. The number of nitrogens with one attached hydrogen (secondary N) is 1. The van der Waals surface area contributed by atoms with Gasteiger partial charge in [-0.25, -0.2) is 14.8 Å². The van der Waals surface area contributed by atoms with Gasteiger partial charge in [-0.15, -0.1) is 5.10 Å². The Morgan fingerprint density at radius 1 is 1.23 bits per heavy atom. The lowest BCUT2D eigenvalue weighted by Gasteiger charge is -2.34. The molecule has 0 aromatic carbocycles. The maximum absolute atomic E-state index is 13.0. The second-order valence-corrected chi connectivity index (χ2v) is 7.79. The Morgan fingerprint density at radius 3 is 2.83 bits per heavy atom. The zero-order valence-corrected chi connectivity index (χ0v) is 16.3. The van der Waals surface area contributed by atoms with Crippen LogP contribution >= 0.6 is 11.8 Å². The Labute approximate surface area is 174 Å². The summed E-state index contributed by atoms with van der Waals surface area (Å²) >= 11 is 1.14. The maximum atomic E-state index is 13.0. The third-order valence-electron chi connectivity index (χ3n) is 4.81. The van der Waals surface area contributed by atoms with Crippen LogP contribution in [0.3, 0.4) is 0 Å². The van der Waals surface area contributed by atoms with Crippen LogP contribution in [0.25, 0.3) is 0 Å². The molecule has 0 spiro atoms. The molecule has 2 aliphatic rings. The Kier molecular flexibility index (Phi) is 4.24. The molecule has 0 bridgehead atoms. The number of anilines is 2. The number of hydrogen-bond donors (Lipinski definition) is 2. The van der Waals surface area contributed by atoms with Gasteiger partial charge in [0.25, 0.3) is 0 Å². The number of pyridine rings is 2. The van der Waals surface area contributed by atoms with Gasteiger partial charge >= 0.3 is 12.0 Å². The van der Waals surface area contributed by atoms with Crippen molar-refractivity contribution in [1.29, 1.82) is 0 Å². The van der Waals surface area contributed by atoms with E-state index in [2.05, 4.69) is 25.5 Å². The summed E-state index contributed by atoms with van der Waals surface area (Å²) in [5.74, 6) is -0.376. The van der Waals surface area contributed by atoms with Crippen LogP contribution in [0, 0.1) is 6.92 Å². The topological polar surface area (TPSA) is 130 Å². The Hall–Kier alpha value is -3.73. The van der Waals surface area contributed by atoms with Crippen LogP contribution in [0.5, 0.6) is 11.8 Å². The predicted molar refractivity (Wildman–Crippen MR) is 106 cm³/mol. The number of thioether (sulfide) groups is 1. The molecule has 3 aromatic rings. The Bertz CT molecular complexity index is 1170. The molecule has 2 aliphatic heterocycles. The molecule has 0 saturated carbocycles. The van der Waals surface area contributed by atoms with Gasteiger partial charge in [0.15, 0.2) is 0 Å². The van der Waals surface area contributed by atoms with Gasteiger partial charge < -0.3 is 15.2 Å². The summed E-state index contributed by atoms with van der Waals surface area (Å²) in [6.45, 7) is 1.83. The van der Waals surface area contributed by atoms with Crippen LogP contribution in [0.1, 0.15) is 17.2 Å². The summed E-state index contributed by atoms with van der Waals surface area (Å²) in [5.41, 5.74) is 2.59. The zero-order valence-electron chi connectivity index (χ0n) is 15.5. The minimum Gasteiger partial charge on any atom is -0.480 e. The van der Waals surface area contributed by atoms with Gasteiger partial charge in [0.2, 0.25) is 11.8 Å². The number of hydrogen-bond acceptors (Lipinski definition) is 8. The number of rotatable bonds is 4. The molecule has 5 heterocycles. The summed E-state index contributed by atoms with van der Waals surface area (Å²) in [6, 6.07) is 5.70. The lowest BCUT2D eigenvalue weighted by Crippen LogP contribution is -2.47. The molecule has 30 heavy (non-hydrogen) atoms. The lowest BCUT2D eigenvalue weighted by atomic mass is 10.0. The quantitative estimate of drug-likeness (QED) is 0.651. The third kappa shape index (κ3) is 2.90. The minimum atomic E-state index is -0.994. The van der Waals surface area contributed by atoms with E-state index in [9.17, 15) is 14.7 Å². The van der Waals surface area contributed by atoms with E-state index in [0.29, 0.717) is 33.7 Å². The van der Waals surface area contributed by atoms with Crippen LogP contribution in [0.4, 0.5) is 16.2 Å². The second-order valence-electron chi connectivity index (χ2n) is 6.66. The number of carbonyl (C=O) groups excluding carboxylic acids is 1. The number of carbonyl (C=O) groups is 2. The highest BCUT2D eigenvalue weighted by Gasteiger charge is 2.46. The molecule has 2 atom stereocenters. The zero-order chi connectivity index (χ0) is 20.8. The number of carboxylic acid groups (broad SMARTS) is 1. The van der Waals surface area contributed by atoms with Crippen molar-refractivity contribution in [3.05, 3.63) is 54.0 Å². The van der Waals surface area contributed by atoms with E-state index in [-0.39, 0.29) is 0 Å². The lowest BCUT2D eigenvalue weighted by molar-refractivity contribution is -0.136. The molecule has 0 aliphatic carbocycles. The molecule has 10 nitrogen and oxygen atoms in total. The molecule has 3 aromatic heterocycles. The van der Waals surface area contributed by atoms with Crippen molar-refractivity contribution in [3.63, 3.8) is 0 Å². The summed E-state index contributed by atoms with van der Waals surface area (Å²) < 4.78 is 5.60. The first-order valence-electron chi connectivity index (χ1n) is 8.94. The molecule has 2 N–H and O–H groups in total. The summed E-state index contributed by atoms with van der Waals surface area (Å²) in [4.78, 5) is 34.7. The average molecular weight is 422 g/mol. The molecular weight excluding hydrogens is 408 g/mol. The standard InChI is InChI=1S/C19H14N6O4S/c1-9-7-13(29-12-3-2-5-22-24-12)21-8-11(9)25-10-4-6-20-17-14(10)15(23-19(25)28)16(30-17)18(26)27/h2-8,15-16H,1H3,(H,23,28)(H,26,27). The molecule has 150 valence electrons. The van der Waals surface area contributed by atoms with Gasteiger partial charge in [-0.3, -0.25) is 9.69 Å². The molecule has 11 heteroatoms. The van der Waals surface area contributed by atoms with E-state index in [1.54, 1.807) is 30.5 Å². The first kappa shape index (κ1) is 18.3. The summed E-state index contributed by atoms with van der Waals surface area (Å²) in [6.07, 6.45) is 4.64. The molecule has 5 rings (SSSR count). The summed E-state index contributed by atoms with van der Waals surface area (Å²) in [5, 5.41) is 19.7. The molecule has 2 amide bonds. The fourth-order valence-corrected chi connectivity index (χ4v) is 4.68. The van der Waals surface area contributed by atoms with Crippen LogP contribution < -0.4 is 15.0 Å². The van der Waals surface area contributed by atoms with E-state index in [1.807, 2.05) is 6.92 Å². The van der Waals surface area contributed by atoms with E-state index in [1.165, 1.54) is 17.3 Å². The fourth-order valence-electron chi connectivity index (χ4n) is 3.51. The summed E-state index contributed by atoms with van der Waals surface area (Å²) in [7, 11) is 0. The molecular formula is C19H14N6O4S. The highest BCUT2D eigenvalue weighted by Crippen LogP contribution is 2.50. The molecule has 2 unspecified atom stereocenters. The number of aromatic nitrogens is 4. The minimum absolute atomic E-state index is 0.305. The monoisotopic (exact) mass is 422 g/mol. The van der Waals surface area contributed by atoms with Gasteiger partial charge in [-0.05, 0) is 24.6 Å². The van der Waals surface area contributed by atoms with Crippen LogP contribution in [-0.4, -0.2) is 42.5 Å². The van der Waals surface area contributed by atoms with Crippen molar-refractivity contribution >= 4 is 35.1 Å². The third-order valence-corrected chi connectivity index (χ3v) is 6.08. The van der Waals surface area contributed by atoms with Gasteiger partial charge in [0.05, 0.1) is 23.6 Å².